The number of likely N-dealkylation sites (tertiary alicyclic amines) is 1. The molecule has 1 unspecified atom stereocenters. The van der Waals surface area contributed by atoms with Crippen LogP contribution in [0.5, 0.6) is 0 Å². The first-order chi connectivity index (χ1) is 10.7. The fraction of sp³-hybridized carbons (Fsp3) is 0.400. The van der Waals surface area contributed by atoms with Gasteiger partial charge in [0.15, 0.2) is 5.82 Å². The Morgan fingerprint density at radius 2 is 2.23 bits per heavy atom. The summed E-state index contributed by atoms with van der Waals surface area (Å²) in [7, 11) is 2.17. The maximum atomic E-state index is 4.77. The van der Waals surface area contributed by atoms with Crippen molar-refractivity contribution >= 4 is 38.9 Å². The van der Waals surface area contributed by atoms with E-state index in [0.717, 1.165) is 27.9 Å². The van der Waals surface area contributed by atoms with Crippen molar-refractivity contribution in [2.75, 3.05) is 20.1 Å². The number of fused-ring (bicyclic) bond motifs is 1. The van der Waals surface area contributed by atoms with E-state index in [4.69, 9.17) is 5.10 Å². The van der Waals surface area contributed by atoms with Crippen LogP contribution in [0.15, 0.2) is 24.3 Å². The molecule has 0 aliphatic carbocycles. The monoisotopic (exact) mass is 425 g/mol. The number of rotatable bonds is 2. The van der Waals surface area contributed by atoms with Crippen molar-refractivity contribution in [2.24, 2.45) is 0 Å². The van der Waals surface area contributed by atoms with Crippen LogP contribution in [0.3, 0.4) is 0 Å². The molecule has 3 aromatic rings. The lowest BCUT2D eigenvalue weighted by molar-refractivity contribution is 0.244. The zero-order chi connectivity index (χ0) is 15.1. The number of likely N-dealkylation sites (N-methyl/N-ethyl adjacent to an activating group) is 1. The van der Waals surface area contributed by atoms with E-state index < -0.39 is 0 Å². The molecule has 5 nitrogen and oxygen atoms in total. The van der Waals surface area contributed by atoms with Crippen molar-refractivity contribution in [1.82, 2.24) is 24.7 Å². The first-order valence-corrected chi connectivity index (χ1v) is 9.27. The molecule has 1 aliphatic rings. The van der Waals surface area contributed by atoms with Crippen molar-refractivity contribution < 1.29 is 0 Å². The van der Waals surface area contributed by atoms with Gasteiger partial charge in [-0.1, -0.05) is 23.5 Å². The summed E-state index contributed by atoms with van der Waals surface area (Å²) in [5.74, 6) is 1.44. The molecular weight excluding hydrogens is 409 g/mol. The Hall–Kier alpha value is -1.06. The third-order valence-corrected chi connectivity index (χ3v) is 5.70. The summed E-state index contributed by atoms with van der Waals surface area (Å²) in [6.07, 6.45) is 2.38. The summed E-state index contributed by atoms with van der Waals surface area (Å²) >= 11 is 3.94. The summed E-state index contributed by atoms with van der Waals surface area (Å²) in [5.41, 5.74) is 1.15. The number of aromatic nitrogens is 4. The van der Waals surface area contributed by atoms with Crippen LogP contribution in [0.25, 0.3) is 15.5 Å². The lowest BCUT2D eigenvalue weighted by Crippen LogP contribution is -2.31. The molecule has 7 heteroatoms. The topological polar surface area (TPSA) is 46.3 Å². The highest BCUT2D eigenvalue weighted by Crippen LogP contribution is 2.30. The van der Waals surface area contributed by atoms with Crippen molar-refractivity contribution in [1.29, 1.82) is 0 Å². The molecule has 0 amide bonds. The number of hydrogen-bond donors (Lipinski definition) is 0. The Bertz CT molecular complexity index is 811. The van der Waals surface area contributed by atoms with Gasteiger partial charge in [0.1, 0.15) is 5.01 Å². The molecule has 1 atom stereocenters. The highest BCUT2D eigenvalue weighted by molar-refractivity contribution is 14.1. The smallest absolute Gasteiger partial charge is 0.234 e. The van der Waals surface area contributed by atoms with E-state index in [1.807, 2.05) is 4.52 Å². The highest BCUT2D eigenvalue weighted by Gasteiger charge is 2.25. The van der Waals surface area contributed by atoms with Crippen LogP contribution >= 0.6 is 33.9 Å². The van der Waals surface area contributed by atoms with Gasteiger partial charge in [0.25, 0.3) is 0 Å². The Morgan fingerprint density at radius 1 is 1.32 bits per heavy atom. The molecular formula is C15H16IN5S. The molecule has 0 N–H and O–H groups in total. The van der Waals surface area contributed by atoms with Crippen molar-refractivity contribution in [3.05, 3.63) is 33.7 Å². The molecule has 0 saturated carbocycles. The molecule has 1 aliphatic heterocycles. The van der Waals surface area contributed by atoms with E-state index in [-0.39, 0.29) is 0 Å². The van der Waals surface area contributed by atoms with Gasteiger partial charge in [0.05, 0.1) is 0 Å². The van der Waals surface area contributed by atoms with Crippen LogP contribution in [0, 0.1) is 3.57 Å². The summed E-state index contributed by atoms with van der Waals surface area (Å²) < 4.78 is 3.17. The fourth-order valence-corrected chi connectivity index (χ4v) is 4.39. The lowest BCUT2D eigenvalue weighted by Gasteiger charge is -2.28. The van der Waals surface area contributed by atoms with Crippen LogP contribution in [0.1, 0.15) is 24.6 Å². The molecule has 3 heterocycles. The van der Waals surface area contributed by atoms with Gasteiger partial charge in [-0.15, -0.1) is 10.2 Å². The molecule has 22 heavy (non-hydrogen) atoms. The van der Waals surface area contributed by atoms with Crippen molar-refractivity contribution in [2.45, 2.75) is 18.8 Å². The number of benzene rings is 1. The second-order valence-electron chi connectivity index (χ2n) is 5.77. The molecule has 0 bridgehead atoms. The Morgan fingerprint density at radius 3 is 3.05 bits per heavy atom. The van der Waals surface area contributed by atoms with Crippen molar-refractivity contribution in [3.63, 3.8) is 0 Å². The third kappa shape index (κ3) is 2.65. The average Bonchev–Trinajstić information content (AvgIpc) is 3.07. The number of nitrogens with zero attached hydrogens (tertiary/aromatic N) is 5. The van der Waals surface area contributed by atoms with Crippen LogP contribution in [0.2, 0.25) is 0 Å². The van der Waals surface area contributed by atoms with Gasteiger partial charge in [0, 0.05) is 21.6 Å². The molecule has 2 aromatic heterocycles. The summed E-state index contributed by atoms with van der Waals surface area (Å²) in [4.78, 5) is 3.25. The minimum Gasteiger partial charge on any atom is -0.306 e. The van der Waals surface area contributed by atoms with Gasteiger partial charge in [-0.05, 0) is 61.2 Å². The maximum absolute atomic E-state index is 4.77. The average molecular weight is 425 g/mol. The third-order valence-electron chi connectivity index (χ3n) is 4.08. The number of halogens is 1. The van der Waals surface area contributed by atoms with Gasteiger partial charge in [-0.2, -0.15) is 9.61 Å². The van der Waals surface area contributed by atoms with Crippen LogP contribution in [-0.4, -0.2) is 44.8 Å². The second kappa shape index (κ2) is 5.86. The highest BCUT2D eigenvalue weighted by atomic mass is 127. The second-order valence-corrected chi connectivity index (χ2v) is 7.97. The number of piperidine rings is 1. The molecule has 4 rings (SSSR count). The van der Waals surface area contributed by atoms with Crippen LogP contribution in [-0.2, 0) is 0 Å². The first kappa shape index (κ1) is 14.5. The number of hydrogen-bond acceptors (Lipinski definition) is 5. The predicted molar refractivity (Wildman–Crippen MR) is 96.3 cm³/mol. The van der Waals surface area contributed by atoms with Gasteiger partial charge in [-0.25, -0.2) is 0 Å². The largest absolute Gasteiger partial charge is 0.306 e. The Balaban J connectivity index is 1.73. The lowest BCUT2D eigenvalue weighted by atomic mass is 9.98. The van der Waals surface area contributed by atoms with Crippen LogP contribution in [0.4, 0.5) is 0 Å². The minimum absolute atomic E-state index is 0.430. The molecule has 0 spiro atoms. The first-order valence-electron chi connectivity index (χ1n) is 7.37. The van der Waals surface area contributed by atoms with E-state index >= 15 is 0 Å². The van der Waals surface area contributed by atoms with Gasteiger partial charge < -0.3 is 4.90 Å². The fourth-order valence-electron chi connectivity index (χ4n) is 3.00. The normalized spacial score (nSPS) is 19.8. The zero-order valence-electron chi connectivity index (χ0n) is 12.2. The van der Waals surface area contributed by atoms with Gasteiger partial charge in [-0.3, -0.25) is 0 Å². The van der Waals surface area contributed by atoms with Gasteiger partial charge >= 0.3 is 0 Å². The minimum atomic E-state index is 0.430. The summed E-state index contributed by atoms with van der Waals surface area (Å²) in [6, 6.07) is 8.41. The van der Waals surface area contributed by atoms with E-state index in [9.17, 15) is 0 Å². The van der Waals surface area contributed by atoms with E-state index in [1.165, 1.54) is 23.0 Å². The predicted octanol–water partition coefficient (Wildman–Crippen LogP) is 3.27. The quantitative estimate of drug-likeness (QED) is 0.592. The van der Waals surface area contributed by atoms with E-state index in [1.54, 1.807) is 11.3 Å². The van der Waals surface area contributed by atoms with E-state index in [0.29, 0.717) is 5.92 Å². The van der Waals surface area contributed by atoms with Crippen LogP contribution < -0.4 is 0 Å². The molecule has 1 fully saturated rings. The van der Waals surface area contributed by atoms with E-state index in [2.05, 4.69) is 69.0 Å². The molecule has 1 aromatic carbocycles. The molecule has 0 radical (unpaired) electrons. The maximum Gasteiger partial charge on any atom is 0.234 e. The summed E-state index contributed by atoms with van der Waals surface area (Å²) in [5, 5.41) is 14.5. The Labute approximate surface area is 146 Å². The molecule has 114 valence electrons. The zero-order valence-corrected chi connectivity index (χ0v) is 15.2. The SMILES string of the molecule is CN1CCCC(c2nnc3sc(-c4cccc(I)c4)nn23)C1. The summed E-state index contributed by atoms with van der Waals surface area (Å²) in [6.45, 7) is 2.21. The standard InChI is InChI=1S/C15H16IN5S/c1-20-7-3-5-11(9-20)13-17-18-15-21(13)19-14(22-15)10-4-2-6-12(16)8-10/h2,4,6,8,11H,3,5,7,9H2,1H3. The van der Waals surface area contributed by atoms with Crippen molar-refractivity contribution in [3.8, 4) is 10.6 Å². The Kier molecular flexibility index (Phi) is 3.87. The molecule has 1 saturated heterocycles. The van der Waals surface area contributed by atoms with Gasteiger partial charge in [0.2, 0.25) is 4.96 Å².